The predicted molar refractivity (Wildman–Crippen MR) is 71.2 cm³/mol. The Bertz CT molecular complexity index is 204. The summed E-state index contributed by atoms with van der Waals surface area (Å²) in [5.74, 6) is 0. The minimum absolute atomic E-state index is 0.259. The van der Waals surface area contributed by atoms with E-state index in [1.165, 1.54) is 0 Å². The predicted octanol–water partition coefficient (Wildman–Crippen LogP) is 2.68. The number of ether oxygens (including phenoxy) is 1. The SMILES string of the molecule is CC.CC(C)(C)OC(=O)NC1CCCNCC1. The van der Waals surface area contributed by atoms with Gasteiger partial charge in [-0.3, -0.25) is 0 Å². The molecule has 0 aromatic carbocycles. The first-order chi connectivity index (χ1) is 7.97. The molecule has 1 heterocycles. The first-order valence-corrected chi connectivity index (χ1v) is 6.67. The Hall–Kier alpha value is -0.770. The molecule has 1 unspecified atom stereocenters. The van der Waals surface area contributed by atoms with E-state index in [-0.39, 0.29) is 12.1 Å². The molecule has 0 aromatic heterocycles. The van der Waals surface area contributed by atoms with Crippen molar-refractivity contribution in [2.75, 3.05) is 13.1 Å². The maximum atomic E-state index is 11.5. The van der Waals surface area contributed by atoms with E-state index in [9.17, 15) is 4.79 Å². The van der Waals surface area contributed by atoms with E-state index in [0.717, 1.165) is 32.4 Å². The number of rotatable bonds is 1. The maximum absolute atomic E-state index is 11.5. The molecule has 0 aromatic rings. The van der Waals surface area contributed by atoms with E-state index in [0.29, 0.717) is 0 Å². The van der Waals surface area contributed by atoms with Crippen LogP contribution < -0.4 is 10.6 Å². The van der Waals surface area contributed by atoms with Crippen molar-refractivity contribution < 1.29 is 9.53 Å². The summed E-state index contributed by atoms with van der Waals surface area (Å²) in [6.07, 6.45) is 2.83. The summed E-state index contributed by atoms with van der Waals surface area (Å²) in [6.45, 7) is 11.6. The average molecular weight is 244 g/mol. The molecule has 2 N–H and O–H groups in total. The van der Waals surface area contributed by atoms with Crippen LogP contribution in [0, 0.1) is 0 Å². The van der Waals surface area contributed by atoms with Gasteiger partial charge < -0.3 is 15.4 Å². The molecule has 17 heavy (non-hydrogen) atoms. The van der Waals surface area contributed by atoms with Gasteiger partial charge in [0.2, 0.25) is 0 Å². The van der Waals surface area contributed by atoms with Crippen LogP contribution in [0.15, 0.2) is 0 Å². The first kappa shape index (κ1) is 16.2. The highest BCUT2D eigenvalue weighted by molar-refractivity contribution is 5.68. The second-order valence-electron chi connectivity index (χ2n) is 5.02. The van der Waals surface area contributed by atoms with Crippen LogP contribution in [0.25, 0.3) is 0 Å². The smallest absolute Gasteiger partial charge is 0.407 e. The molecule has 1 fully saturated rings. The molecule has 0 saturated carbocycles. The molecule has 1 saturated heterocycles. The van der Waals surface area contributed by atoms with Crippen LogP contribution in [-0.2, 0) is 4.74 Å². The van der Waals surface area contributed by atoms with Crippen molar-refractivity contribution >= 4 is 6.09 Å². The number of nitrogens with one attached hydrogen (secondary N) is 2. The molecule has 0 radical (unpaired) electrons. The van der Waals surface area contributed by atoms with Crippen LogP contribution in [-0.4, -0.2) is 30.8 Å². The van der Waals surface area contributed by atoms with Gasteiger partial charge in [0, 0.05) is 6.04 Å². The summed E-state index contributed by atoms with van der Waals surface area (Å²) < 4.78 is 5.21. The Kier molecular flexibility index (Phi) is 7.96. The summed E-state index contributed by atoms with van der Waals surface area (Å²) in [5, 5.41) is 6.22. The molecular weight excluding hydrogens is 216 g/mol. The van der Waals surface area contributed by atoms with Crippen molar-refractivity contribution in [2.24, 2.45) is 0 Å². The molecule has 0 aliphatic carbocycles. The standard InChI is InChI=1S/C11H22N2O2.C2H6/c1-11(2,3)15-10(14)13-9-5-4-7-12-8-6-9;1-2/h9,12H,4-8H2,1-3H3,(H,13,14);1-2H3. The van der Waals surface area contributed by atoms with Gasteiger partial charge in [0.25, 0.3) is 0 Å². The van der Waals surface area contributed by atoms with Gasteiger partial charge in [0.1, 0.15) is 5.60 Å². The first-order valence-electron chi connectivity index (χ1n) is 6.67. The van der Waals surface area contributed by atoms with Crippen LogP contribution in [0.3, 0.4) is 0 Å². The van der Waals surface area contributed by atoms with Crippen molar-refractivity contribution in [3.8, 4) is 0 Å². The number of carbonyl (C=O) groups is 1. The van der Waals surface area contributed by atoms with Crippen LogP contribution in [0.5, 0.6) is 0 Å². The molecule has 1 amide bonds. The van der Waals surface area contributed by atoms with Gasteiger partial charge in [-0.25, -0.2) is 4.79 Å². The van der Waals surface area contributed by atoms with Crippen molar-refractivity contribution in [3.05, 3.63) is 0 Å². The zero-order valence-electron chi connectivity index (χ0n) is 11.9. The summed E-state index contributed by atoms with van der Waals surface area (Å²) in [4.78, 5) is 11.5. The lowest BCUT2D eigenvalue weighted by atomic mass is 10.1. The molecule has 4 heteroatoms. The van der Waals surface area contributed by atoms with E-state index >= 15 is 0 Å². The van der Waals surface area contributed by atoms with Gasteiger partial charge in [-0.05, 0) is 53.1 Å². The highest BCUT2D eigenvalue weighted by atomic mass is 16.6. The Morgan fingerprint density at radius 1 is 1.24 bits per heavy atom. The number of alkyl carbamates (subject to hydrolysis) is 1. The molecule has 1 atom stereocenters. The van der Waals surface area contributed by atoms with Gasteiger partial charge in [-0.2, -0.15) is 0 Å². The highest BCUT2D eigenvalue weighted by Crippen LogP contribution is 2.09. The quantitative estimate of drug-likeness (QED) is 0.745. The molecular formula is C13H28N2O2. The largest absolute Gasteiger partial charge is 0.444 e. The van der Waals surface area contributed by atoms with Crippen molar-refractivity contribution in [1.29, 1.82) is 0 Å². The monoisotopic (exact) mass is 244 g/mol. The average Bonchev–Trinajstić information content (AvgIpc) is 2.46. The second-order valence-corrected chi connectivity index (χ2v) is 5.02. The van der Waals surface area contributed by atoms with E-state index in [2.05, 4.69) is 10.6 Å². The highest BCUT2D eigenvalue weighted by Gasteiger charge is 2.19. The van der Waals surface area contributed by atoms with E-state index < -0.39 is 5.60 Å². The minimum atomic E-state index is -0.410. The fourth-order valence-electron chi connectivity index (χ4n) is 1.64. The molecule has 4 nitrogen and oxygen atoms in total. The summed E-state index contributed by atoms with van der Waals surface area (Å²) in [5.41, 5.74) is -0.410. The van der Waals surface area contributed by atoms with E-state index in [1.807, 2.05) is 34.6 Å². The summed E-state index contributed by atoms with van der Waals surface area (Å²) in [7, 11) is 0. The summed E-state index contributed by atoms with van der Waals surface area (Å²) >= 11 is 0. The van der Waals surface area contributed by atoms with Crippen LogP contribution in [0.4, 0.5) is 4.79 Å². The lowest BCUT2D eigenvalue weighted by Crippen LogP contribution is -2.39. The molecule has 102 valence electrons. The van der Waals surface area contributed by atoms with Gasteiger partial charge in [0.15, 0.2) is 0 Å². The van der Waals surface area contributed by atoms with Gasteiger partial charge in [0.05, 0.1) is 0 Å². The number of carbonyl (C=O) groups excluding carboxylic acids is 1. The van der Waals surface area contributed by atoms with Gasteiger partial charge >= 0.3 is 6.09 Å². The number of hydrogen-bond donors (Lipinski definition) is 2. The lowest BCUT2D eigenvalue weighted by Gasteiger charge is -2.22. The van der Waals surface area contributed by atoms with E-state index in [1.54, 1.807) is 0 Å². The van der Waals surface area contributed by atoms with Gasteiger partial charge in [-0.1, -0.05) is 13.8 Å². The third kappa shape index (κ3) is 8.98. The lowest BCUT2D eigenvalue weighted by molar-refractivity contribution is 0.0501. The Morgan fingerprint density at radius 3 is 2.47 bits per heavy atom. The maximum Gasteiger partial charge on any atom is 0.407 e. The minimum Gasteiger partial charge on any atom is -0.444 e. The third-order valence-corrected chi connectivity index (χ3v) is 2.30. The van der Waals surface area contributed by atoms with Crippen LogP contribution in [0.1, 0.15) is 53.9 Å². The van der Waals surface area contributed by atoms with E-state index in [4.69, 9.17) is 4.74 Å². The number of amides is 1. The number of hydrogen-bond acceptors (Lipinski definition) is 3. The third-order valence-electron chi connectivity index (χ3n) is 2.30. The van der Waals surface area contributed by atoms with Crippen LogP contribution in [0.2, 0.25) is 0 Å². The second kappa shape index (κ2) is 8.34. The Balaban J connectivity index is 0.00000121. The topological polar surface area (TPSA) is 50.4 Å². The Labute approximate surface area is 105 Å². The summed E-state index contributed by atoms with van der Waals surface area (Å²) in [6, 6.07) is 0.259. The fraction of sp³-hybridized carbons (Fsp3) is 0.923. The van der Waals surface area contributed by atoms with Gasteiger partial charge in [-0.15, -0.1) is 0 Å². The molecule has 1 rings (SSSR count). The fourth-order valence-corrected chi connectivity index (χ4v) is 1.64. The molecule has 0 bridgehead atoms. The van der Waals surface area contributed by atoms with Crippen LogP contribution >= 0.6 is 0 Å². The molecule has 1 aliphatic rings. The van der Waals surface area contributed by atoms with Crippen molar-refractivity contribution in [2.45, 2.75) is 65.5 Å². The molecule has 1 aliphatic heterocycles. The zero-order chi connectivity index (χ0) is 13.3. The van der Waals surface area contributed by atoms with Crippen molar-refractivity contribution in [3.63, 3.8) is 0 Å². The Morgan fingerprint density at radius 2 is 1.88 bits per heavy atom. The normalized spacial score (nSPS) is 20.6. The van der Waals surface area contributed by atoms with Crippen molar-refractivity contribution in [1.82, 2.24) is 10.6 Å². The zero-order valence-corrected chi connectivity index (χ0v) is 11.9. The molecule has 0 spiro atoms.